The summed E-state index contributed by atoms with van der Waals surface area (Å²) in [6.45, 7) is 3.71. The number of phenols is 1. The first kappa shape index (κ1) is 20.0. The second-order valence-electron chi connectivity index (χ2n) is 6.74. The molecular weight excluding hydrogens is 360 g/mol. The number of hydrogen-bond donors (Lipinski definition) is 2. The van der Waals surface area contributed by atoms with Crippen molar-refractivity contribution in [3.8, 4) is 11.5 Å². The molecule has 150 valence electrons. The van der Waals surface area contributed by atoms with Crippen LogP contribution < -0.4 is 9.64 Å². The highest BCUT2D eigenvalue weighted by Gasteiger charge is 2.23. The Morgan fingerprint density at radius 3 is 2.50 bits per heavy atom. The van der Waals surface area contributed by atoms with E-state index in [0.717, 1.165) is 37.6 Å². The molecule has 1 fully saturated rings. The van der Waals surface area contributed by atoms with Crippen molar-refractivity contribution in [3.05, 3.63) is 53.6 Å². The number of ether oxygens (including phenoxy) is 2. The summed E-state index contributed by atoms with van der Waals surface area (Å²) >= 11 is 0. The second-order valence-corrected chi connectivity index (χ2v) is 6.74. The lowest BCUT2D eigenvalue weighted by molar-refractivity contribution is 0.0596. The van der Waals surface area contributed by atoms with Crippen LogP contribution in [0.3, 0.4) is 0 Å². The molecule has 1 unspecified atom stereocenters. The molecule has 28 heavy (non-hydrogen) atoms. The minimum Gasteiger partial charge on any atom is -0.507 e. The quantitative estimate of drug-likeness (QED) is 0.735. The van der Waals surface area contributed by atoms with E-state index < -0.39 is 12.1 Å². The lowest BCUT2D eigenvalue weighted by atomic mass is 10.0. The first-order chi connectivity index (χ1) is 13.5. The number of nitrogens with zero attached hydrogens (tertiary/aromatic N) is 2. The predicted octanol–water partition coefficient (Wildman–Crippen LogP) is 2.04. The third kappa shape index (κ3) is 4.37. The first-order valence-corrected chi connectivity index (χ1v) is 9.23. The fraction of sp³-hybridized carbons (Fsp3) is 0.381. The number of phenolic OH excluding ortho intramolecular Hbond substituents is 1. The number of methoxy groups -OCH3 is 2. The molecule has 2 aromatic rings. The zero-order valence-electron chi connectivity index (χ0n) is 16.2. The average Bonchev–Trinajstić information content (AvgIpc) is 2.74. The zero-order chi connectivity index (χ0) is 20.1. The molecule has 0 aliphatic carbocycles. The summed E-state index contributed by atoms with van der Waals surface area (Å²) in [6, 6.07) is 12.5. The molecule has 0 bridgehead atoms. The molecule has 7 heteroatoms. The monoisotopic (exact) mass is 386 g/mol. The van der Waals surface area contributed by atoms with E-state index in [1.807, 2.05) is 24.3 Å². The molecule has 0 spiro atoms. The summed E-state index contributed by atoms with van der Waals surface area (Å²) in [4.78, 5) is 16.2. The van der Waals surface area contributed by atoms with E-state index in [-0.39, 0.29) is 11.3 Å². The molecule has 1 atom stereocenters. The van der Waals surface area contributed by atoms with Gasteiger partial charge in [-0.1, -0.05) is 18.2 Å². The Morgan fingerprint density at radius 1 is 1.11 bits per heavy atom. The van der Waals surface area contributed by atoms with E-state index in [2.05, 4.69) is 14.5 Å². The fourth-order valence-corrected chi connectivity index (χ4v) is 3.45. The Hall–Kier alpha value is -2.77. The summed E-state index contributed by atoms with van der Waals surface area (Å²) in [5.74, 6) is 0.0700. The maximum atomic E-state index is 11.7. The van der Waals surface area contributed by atoms with Gasteiger partial charge in [0.25, 0.3) is 0 Å². The minimum atomic E-state index is -0.762. The maximum absolute atomic E-state index is 11.7. The molecule has 0 aromatic heterocycles. The molecule has 7 nitrogen and oxygen atoms in total. The Morgan fingerprint density at radius 2 is 1.82 bits per heavy atom. The van der Waals surface area contributed by atoms with E-state index >= 15 is 0 Å². The van der Waals surface area contributed by atoms with Crippen molar-refractivity contribution in [1.29, 1.82) is 0 Å². The number of piperazine rings is 1. The van der Waals surface area contributed by atoms with Gasteiger partial charge in [-0.05, 0) is 29.8 Å². The van der Waals surface area contributed by atoms with E-state index in [1.54, 1.807) is 13.2 Å². The van der Waals surface area contributed by atoms with Crippen LogP contribution in [-0.4, -0.2) is 68.0 Å². The van der Waals surface area contributed by atoms with E-state index in [1.165, 1.54) is 19.2 Å². The van der Waals surface area contributed by atoms with Gasteiger partial charge in [0.05, 0.1) is 26.0 Å². The summed E-state index contributed by atoms with van der Waals surface area (Å²) in [7, 11) is 2.93. The highest BCUT2D eigenvalue weighted by molar-refractivity contribution is 5.92. The number of aliphatic hydroxyl groups is 1. The van der Waals surface area contributed by atoms with Gasteiger partial charge >= 0.3 is 5.97 Å². The number of carbonyl (C=O) groups excluding carboxylic acids is 1. The number of rotatable bonds is 6. The SMILES string of the molecule is COC(=O)c1cc(C(O)CN2CCN(c3ccccc3OC)CC2)ccc1O. The van der Waals surface area contributed by atoms with Crippen LogP contribution in [0, 0.1) is 0 Å². The summed E-state index contributed by atoms with van der Waals surface area (Å²) in [6.07, 6.45) is -0.762. The highest BCUT2D eigenvalue weighted by Crippen LogP contribution is 2.29. The number of aliphatic hydroxyl groups excluding tert-OH is 1. The summed E-state index contributed by atoms with van der Waals surface area (Å²) < 4.78 is 10.1. The molecule has 1 heterocycles. The molecule has 2 N–H and O–H groups in total. The van der Waals surface area contributed by atoms with Gasteiger partial charge in [0, 0.05) is 32.7 Å². The van der Waals surface area contributed by atoms with Crippen LogP contribution in [0.5, 0.6) is 11.5 Å². The van der Waals surface area contributed by atoms with Gasteiger partial charge in [-0.15, -0.1) is 0 Å². The summed E-state index contributed by atoms with van der Waals surface area (Å²) in [5, 5.41) is 20.4. The maximum Gasteiger partial charge on any atom is 0.341 e. The number of β-amino-alcohol motifs (C(OH)–C–C–N with tert-alkyl or cyclic N) is 1. The normalized spacial score (nSPS) is 15.9. The zero-order valence-corrected chi connectivity index (χ0v) is 16.2. The number of hydrogen-bond acceptors (Lipinski definition) is 7. The van der Waals surface area contributed by atoms with Gasteiger partial charge in [0.2, 0.25) is 0 Å². The number of anilines is 1. The Kier molecular flexibility index (Phi) is 6.38. The molecule has 1 saturated heterocycles. The summed E-state index contributed by atoms with van der Waals surface area (Å²) in [5.41, 5.74) is 1.71. The van der Waals surface area contributed by atoms with E-state index in [9.17, 15) is 15.0 Å². The largest absolute Gasteiger partial charge is 0.507 e. The average molecular weight is 386 g/mol. The number of para-hydroxylation sites is 2. The Bertz CT molecular complexity index is 818. The third-order valence-electron chi connectivity index (χ3n) is 5.04. The van der Waals surface area contributed by atoms with Crippen LogP contribution in [0.15, 0.2) is 42.5 Å². The lowest BCUT2D eigenvalue weighted by Gasteiger charge is -2.37. The minimum absolute atomic E-state index is 0.0556. The van der Waals surface area contributed by atoms with Gasteiger partial charge in [-0.3, -0.25) is 4.90 Å². The van der Waals surface area contributed by atoms with Crippen molar-refractivity contribution in [2.45, 2.75) is 6.10 Å². The smallest absolute Gasteiger partial charge is 0.341 e. The van der Waals surface area contributed by atoms with Crippen molar-refractivity contribution < 1.29 is 24.5 Å². The molecule has 0 saturated carbocycles. The Balaban J connectivity index is 1.61. The number of esters is 1. The van der Waals surface area contributed by atoms with Crippen molar-refractivity contribution in [3.63, 3.8) is 0 Å². The van der Waals surface area contributed by atoms with Crippen LogP contribution in [-0.2, 0) is 4.74 Å². The van der Waals surface area contributed by atoms with E-state index in [0.29, 0.717) is 12.1 Å². The number of aromatic hydroxyl groups is 1. The second kappa shape index (κ2) is 8.95. The van der Waals surface area contributed by atoms with Gasteiger partial charge < -0.3 is 24.6 Å². The van der Waals surface area contributed by atoms with Gasteiger partial charge in [-0.2, -0.15) is 0 Å². The topological polar surface area (TPSA) is 82.5 Å². The molecule has 3 rings (SSSR count). The Labute approximate surface area is 164 Å². The number of benzene rings is 2. The predicted molar refractivity (Wildman–Crippen MR) is 106 cm³/mol. The highest BCUT2D eigenvalue weighted by atomic mass is 16.5. The van der Waals surface area contributed by atoms with Crippen LogP contribution >= 0.6 is 0 Å². The molecule has 0 radical (unpaired) electrons. The van der Waals surface area contributed by atoms with Crippen LogP contribution in [0.2, 0.25) is 0 Å². The first-order valence-electron chi connectivity index (χ1n) is 9.23. The standard InChI is InChI=1S/C21H26N2O5/c1-27-20-6-4-3-5-17(20)23-11-9-22(10-12-23)14-19(25)15-7-8-18(24)16(13-15)21(26)28-2/h3-8,13,19,24-25H,9-12,14H2,1-2H3. The van der Waals surface area contributed by atoms with Crippen molar-refractivity contribution in [2.24, 2.45) is 0 Å². The van der Waals surface area contributed by atoms with Crippen molar-refractivity contribution in [1.82, 2.24) is 4.90 Å². The van der Waals surface area contributed by atoms with Crippen molar-refractivity contribution in [2.75, 3.05) is 51.8 Å². The molecular formula is C21H26N2O5. The number of carbonyl (C=O) groups is 1. The molecule has 2 aromatic carbocycles. The van der Waals surface area contributed by atoms with Gasteiger partial charge in [-0.25, -0.2) is 4.79 Å². The molecule has 1 aliphatic rings. The lowest BCUT2D eigenvalue weighted by Crippen LogP contribution is -2.47. The fourth-order valence-electron chi connectivity index (χ4n) is 3.45. The van der Waals surface area contributed by atoms with Crippen LogP contribution in [0.1, 0.15) is 22.0 Å². The third-order valence-corrected chi connectivity index (χ3v) is 5.04. The van der Waals surface area contributed by atoms with Crippen molar-refractivity contribution >= 4 is 11.7 Å². The molecule has 1 aliphatic heterocycles. The molecule has 0 amide bonds. The van der Waals surface area contributed by atoms with Gasteiger partial charge in [0.15, 0.2) is 0 Å². The van der Waals surface area contributed by atoms with Crippen LogP contribution in [0.25, 0.3) is 0 Å². The van der Waals surface area contributed by atoms with Gasteiger partial charge in [0.1, 0.15) is 17.1 Å². The van der Waals surface area contributed by atoms with E-state index in [4.69, 9.17) is 4.74 Å². The van der Waals surface area contributed by atoms with Crippen LogP contribution in [0.4, 0.5) is 5.69 Å².